The van der Waals surface area contributed by atoms with Gasteiger partial charge in [0.2, 0.25) is 0 Å². The molecule has 152 valence electrons. The van der Waals surface area contributed by atoms with Gasteiger partial charge < -0.3 is 5.32 Å². The van der Waals surface area contributed by atoms with E-state index in [-0.39, 0.29) is 10.6 Å². The van der Waals surface area contributed by atoms with Gasteiger partial charge in [0.25, 0.3) is 5.69 Å². The molecule has 2 saturated carbocycles. The number of hydrogen-bond acceptors (Lipinski definition) is 4. The number of nitro benzene ring substituents is 1. The number of anilines is 1. The van der Waals surface area contributed by atoms with Crippen molar-refractivity contribution in [3.63, 3.8) is 0 Å². The van der Waals surface area contributed by atoms with E-state index in [2.05, 4.69) is 10.2 Å². The average Bonchev–Trinajstić information content (AvgIpc) is 2.67. The van der Waals surface area contributed by atoms with Gasteiger partial charge in [0, 0.05) is 30.2 Å². The number of nitro groups is 1. The zero-order chi connectivity index (χ0) is 19.1. The molecule has 2 heterocycles. The van der Waals surface area contributed by atoms with E-state index < -0.39 is 0 Å². The maximum Gasteiger partial charge on any atom is 0.292 e. The first kappa shape index (κ1) is 18.4. The summed E-state index contributed by atoms with van der Waals surface area (Å²) in [7, 11) is 0. The van der Waals surface area contributed by atoms with Crippen molar-refractivity contribution in [1.82, 2.24) is 4.90 Å². The molecule has 5 heteroatoms. The molecule has 5 rings (SSSR count). The smallest absolute Gasteiger partial charge is 0.292 e. The number of hydrogen-bond donors (Lipinski definition) is 1. The van der Waals surface area contributed by atoms with Crippen molar-refractivity contribution in [2.24, 2.45) is 11.8 Å². The molecule has 1 aromatic rings. The van der Waals surface area contributed by atoms with Crippen LogP contribution in [0.1, 0.15) is 70.6 Å². The third kappa shape index (κ3) is 3.54. The van der Waals surface area contributed by atoms with E-state index in [9.17, 15) is 10.1 Å². The van der Waals surface area contributed by atoms with Gasteiger partial charge in [-0.1, -0.05) is 37.8 Å². The summed E-state index contributed by atoms with van der Waals surface area (Å²) in [4.78, 5) is 14.0. The Morgan fingerprint density at radius 2 is 1.50 bits per heavy atom. The Morgan fingerprint density at radius 3 is 2.18 bits per heavy atom. The van der Waals surface area contributed by atoms with Crippen LogP contribution in [0.2, 0.25) is 0 Å². The Labute approximate surface area is 168 Å². The lowest BCUT2D eigenvalue weighted by Gasteiger charge is -2.55. The summed E-state index contributed by atoms with van der Waals surface area (Å²) in [6.45, 7) is 0. The van der Waals surface area contributed by atoms with Gasteiger partial charge in [-0.2, -0.15) is 0 Å². The molecular weight excluding hydrogens is 350 g/mol. The molecule has 0 radical (unpaired) electrons. The van der Waals surface area contributed by atoms with Crippen molar-refractivity contribution in [2.45, 2.75) is 94.8 Å². The minimum atomic E-state index is -0.265. The lowest BCUT2D eigenvalue weighted by atomic mass is 9.68. The summed E-state index contributed by atoms with van der Waals surface area (Å²) in [5, 5.41) is 14.9. The topological polar surface area (TPSA) is 58.4 Å². The highest BCUT2D eigenvalue weighted by molar-refractivity contribution is 5.61. The number of benzene rings is 1. The molecule has 28 heavy (non-hydrogen) atoms. The van der Waals surface area contributed by atoms with Crippen LogP contribution in [0, 0.1) is 22.0 Å². The fraction of sp³-hybridized carbons (Fsp3) is 0.739. The van der Waals surface area contributed by atoms with Gasteiger partial charge in [-0.3, -0.25) is 15.0 Å². The largest absolute Gasteiger partial charge is 0.377 e. The van der Waals surface area contributed by atoms with Crippen molar-refractivity contribution in [1.29, 1.82) is 0 Å². The molecule has 1 N–H and O–H groups in total. The number of rotatable bonds is 4. The van der Waals surface area contributed by atoms with Crippen LogP contribution in [0.4, 0.5) is 11.4 Å². The van der Waals surface area contributed by atoms with Crippen molar-refractivity contribution >= 4 is 11.4 Å². The number of piperidine rings is 2. The maximum absolute atomic E-state index is 11.4. The molecule has 1 aromatic carbocycles. The molecule has 2 aliphatic carbocycles. The molecular formula is C23H33N3O2. The quantitative estimate of drug-likeness (QED) is 0.561. The van der Waals surface area contributed by atoms with Crippen LogP contribution in [-0.2, 0) is 0 Å². The summed E-state index contributed by atoms with van der Waals surface area (Å²) in [5.41, 5.74) is 0.895. The fourth-order valence-corrected chi connectivity index (χ4v) is 7.05. The molecule has 0 unspecified atom stereocenters. The van der Waals surface area contributed by atoms with Gasteiger partial charge in [0.15, 0.2) is 0 Å². The highest BCUT2D eigenvalue weighted by atomic mass is 16.6. The van der Waals surface area contributed by atoms with Gasteiger partial charge in [-0.05, 0) is 62.8 Å². The van der Waals surface area contributed by atoms with E-state index in [1.54, 1.807) is 12.1 Å². The van der Waals surface area contributed by atoms with Crippen molar-refractivity contribution < 1.29 is 4.92 Å². The van der Waals surface area contributed by atoms with Gasteiger partial charge in [0.05, 0.1) is 4.92 Å². The van der Waals surface area contributed by atoms with Gasteiger partial charge in [0.1, 0.15) is 5.69 Å². The molecule has 4 aliphatic rings. The second kappa shape index (κ2) is 7.66. The average molecular weight is 384 g/mol. The molecule has 0 spiro atoms. The van der Waals surface area contributed by atoms with Crippen LogP contribution in [0.25, 0.3) is 0 Å². The molecule has 5 nitrogen and oxygen atoms in total. The van der Waals surface area contributed by atoms with E-state index in [1.165, 1.54) is 57.8 Å². The minimum absolute atomic E-state index is 0.204. The second-order valence-corrected chi connectivity index (χ2v) is 9.80. The van der Waals surface area contributed by atoms with Crippen LogP contribution in [0.3, 0.4) is 0 Å². The Morgan fingerprint density at radius 1 is 0.857 bits per heavy atom. The first-order valence-corrected chi connectivity index (χ1v) is 11.4. The maximum atomic E-state index is 11.4. The van der Waals surface area contributed by atoms with Crippen LogP contribution in [-0.4, -0.2) is 34.0 Å². The Bertz CT molecular complexity index is 698. The number of fused-ring (bicyclic) bond motifs is 4. The van der Waals surface area contributed by atoms with Crippen molar-refractivity contribution in [2.75, 3.05) is 5.32 Å². The predicted molar refractivity (Wildman–Crippen MR) is 111 cm³/mol. The van der Waals surface area contributed by atoms with Crippen LogP contribution in [0.15, 0.2) is 24.3 Å². The normalized spacial score (nSPS) is 38.0. The van der Waals surface area contributed by atoms with Crippen LogP contribution < -0.4 is 5.32 Å². The molecule has 6 atom stereocenters. The second-order valence-electron chi connectivity index (χ2n) is 9.80. The van der Waals surface area contributed by atoms with E-state index >= 15 is 0 Å². The summed E-state index contributed by atoms with van der Waals surface area (Å²) < 4.78 is 0. The zero-order valence-corrected chi connectivity index (χ0v) is 16.8. The van der Waals surface area contributed by atoms with Crippen molar-refractivity contribution in [3.8, 4) is 0 Å². The third-order valence-corrected chi connectivity index (χ3v) is 8.02. The number of para-hydroxylation sites is 2. The third-order valence-electron chi connectivity index (χ3n) is 8.02. The number of nitrogens with one attached hydrogen (secondary N) is 1. The minimum Gasteiger partial charge on any atom is -0.377 e. The Balaban J connectivity index is 1.30. The summed E-state index contributed by atoms with van der Waals surface area (Å²) in [5.74, 6) is 1.95. The molecule has 2 saturated heterocycles. The summed E-state index contributed by atoms with van der Waals surface area (Å²) in [6, 6.07) is 9.60. The van der Waals surface area contributed by atoms with E-state index in [0.29, 0.717) is 23.8 Å². The number of nitrogens with zero attached hydrogens (tertiary/aromatic N) is 2. The predicted octanol–water partition coefficient (Wildman–Crippen LogP) is 5.36. The SMILES string of the molecule is O=[N+]([O-])c1ccccc1N[C@H]1C[C@H]2CCC[C@@H](C1)N2[C@H]1C[C@@H]2CCC[C@@H](C2)C1. The van der Waals surface area contributed by atoms with Gasteiger partial charge >= 0.3 is 0 Å². The molecule has 2 aliphatic heterocycles. The molecule has 0 amide bonds. The fourth-order valence-electron chi connectivity index (χ4n) is 7.05. The summed E-state index contributed by atoms with van der Waals surface area (Å²) in [6.07, 6.45) is 14.9. The van der Waals surface area contributed by atoms with Gasteiger partial charge in [-0.25, -0.2) is 0 Å². The highest BCUT2D eigenvalue weighted by Crippen LogP contribution is 2.46. The Kier molecular flexibility index (Phi) is 5.04. The summed E-state index contributed by atoms with van der Waals surface area (Å²) >= 11 is 0. The molecule has 0 aromatic heterocycles. The standard InChI is InChI=1S/C23H33N3O2/c27-26(28)23-10-2-1-9-22(23)24-18-14-19-7-4-8-20(15-18)25(19)21-12-16-5-3-6-17(11-16)13-21/h1-2,9-10,16-21,24H,3-8,11-15H2/t16-,17+,18-,19+,20-,21+. The highest BCUT2D eigenvalue weighted by Gasteiger charge is 2.44. The lowest BCUT2D eigenvalue weighted by Crippen LogP contribution is -2.60. The molecule has 4 bridgehead atoms. The Hall–Kier alpha value is -1.62. The van der Waals surface area contributed by atoms with E-state index in [1.807, 2.05) is 12.1 Å². The monoisotopic (exact) mass is 383 g/mol. The zero-order valence-electron chi connectivity index (χ0n) is 16.8. The first-order valence-electron chi connectivity index (χ1n) is 11.4. The molecule has 4 fully saturated rings. The van der Waals surface area contributed by atoms with Crippen LogP contribution in [0.5, 0.6) is 0 Å². The van der Waals surface area contributed by atoms with Crippen LogP contribution >= 0.6 is 0 Å². The van der Waals surface area contributed by atoms with E-state index in [4.69, 9.17) is 0 Å². The van der Waals surface area contributed by atoms with Crippen molar-refractivity contribution in [3.05, 3.63) is 34.4 Å². The van der Waals surface area contributed by atoms with E-state index in [0.717, 1.165) is 30.7 Å². The lowest BCUT2D eigenvalue weighted by molar-refractivity contribution is -0.384. The van der Waals surface area contributed by atoms with Gasteiger partial charge in [-0.15, -0.1) is 0 Å². The first-order chi connectivity index (χ1) is 13.7.